The number of nitrogens with one attached hydrogen (secondary N) is 1. The lowest BCUT2D eigenvalue weighted by Crippen LogP contribution is -1.97. The second-order valence-electron chi connectivity index (χ2n) is 5.21. The van der Waals surface area contributed by atoms with Crippen LogP contribution in [0.4, 0.5) is 0 Å². The molecule has 4 aromatic heterocycles. The minimum atomic E-state index is 0.434. The first-order valence-corrected chi connectivity index (χ1v) is 7.58. The Kier molecular flexibility index (Phi) is 2.71. The van der Waals surface area contributed by atoms with E-state index in [0.29, 0.717) is 33.8 Å². The Morgan fingerprint density at radius 3 is 2.79 bits per heavy atom. The summed E-state index contributed by atoms with van der Waals surface area (Å²) in [4.78, 5) is 4.69. The molecule has 4 heterocycles. The molecule has 0 fully saturated rings. The zero-order valence-corrected chi connectivity index (χ0v) is 12.9. The highest BCUT2D eigenvalue weighted by Crippen LogP contribution is 2.29. The normalized spacial score (nSPS) is 11.5. The second kappa shape index (κ2) is 4.90. The van der Waals surface area contributed by atoms with E-state index in [0.717, 1.165) is 11.0 Å². The van der Waals surface area contributed by atoms with E-state index in [1.807, 2.05) is 40.8 Å². The minimum Gasteiger partial charge on any atom is -0.461 e. The third-order valence-electron chi connectivity index (χ3n) is 3.76. The van der Waals surface area contributed by atoms with Crippen molar-refractivity contribution < 1.29 is 4.42 Å². The summed E-state index contributed by atoms with van der Waals surface area (Å²) < 4.78 is 7.41. The van der Waals surface area contributed by atoms with E-state index in [1.165, 1.54) is 0 Å². The third-order valence-corrected chi connectivity index (χ3v) is 3.95. The molecule has 0 aliphatic heterocycles. The molecule has 0 spiro atoms. The van der Waals surface area contributed by atoms with Crippen LogP contribution in [0.15, 0.2) is 53.1 Å². The van der Waals surface area contributed by atoms with Crippen molar-refractivity contribution in [3.05, 3.63) is 53.9 Å². The summed E-state index contributed by atoms with van der Waals surface area (Å²) in [7, 11) is 0. The fourth-order valence-electron chi connectivity index (χ4n) is 2.74. The monoisotopic (exact) mass is 336 g/mol. The molecule has 8 heteroatoms. The summed E-state index contributed by atoms with van der Waals surface area (Å²) in [6.07, 6.45) is 1.61. The van der Waals surface area contributed by atoms with E-state index in [-0.39, 0.29) is 0 Å². The van der Waals surface area contributed by atoms with Crippen LogP contribution in [0.1, 0.15) is 0 Å². The van der Waals surface area contributed by atoms with Gasteiger partial charge in [0.25, 0.3) is 0 Å². The number of fused-ring (bicyclic) bond motifs is 3. The van der Waals surface area contributed by atoms with Gasteiger partial charge in [0, 0.05) is 6.07 Å². The maximum Gasteiger partial charge on any atom is 0.204 e. The van der Waals surface area contributed by atoms with Crippen molar-refractivity contribution in [2.75, 3.05) is 0 Å². The zero-order chi connectivity index (χ0) is 16.1. The molecule has 0 unspecified atom stereocenters. The molecule has 0 atom stereocenters. The number of H-pyrrole nitrogens is 1. The van der Waals surface area contributed by atoms with Crippen molar-refractivity contribution in [3.8, 4) is 23.0 Å². The Morgan fingerprint density at radius 1 is 1.08 bits per heavy atom. The van der Waals surface area contributed by atoms with Gasteiger partial charge in [0.15, 0.2) is 11.4 Å². The van der Waals surface area contributed by atoms with Crippen molar-refractivity contribution in [3.63, 3.8) is 0 Å². The molecular weight excluding hydrogens is 328 g/mol. The van der Waals surface area contributed by atoms with E-state index < -0.39 is 0 Å². The molecule has 0 saturated carbocycles. The van der Waals surface area contributed by atoms with Crippen LogP contribution in [-0.2, 0) is 0 Å². The van der Waals surface area contributed by atoms with Crippen molar-refractivity contribution in [1.82, 2.24) is 29.8 Å². The van der Waals surface area contributed by atoms with E-state index >= 15 is 0 Å². The van der Waals surface area contributed by atoms with E-state index in [9.17, 15) is 0 Å². The van der Waals surface area contributed by atoms with Gasteiger partial charge in [0.2, 0.25) is 5.82 Å². The fraction of sp³-hybridized carbons (Fsp3) is 0. The lowest BCUT2D eigenvalue weighted by molar-refractivity contribution is 0.577. The number of benzene rings is 1. The van der Waals surface area contributed by atoms with Crippen LogP contribution in [0.3, 0.4) is 0 Å². The van der Waals surface area contributed by atoms with Gasteiger partial charge in [-0.15, -0.1) is 10.2 Å². The predicted octanol–water partition coefficient (Wildman–Crippen LogP) is 3.58. The van der Waals surface area contributed by atoms with Crippen LogP contribution in [0.2, 0.25) is 5.15 Å². The summed E-state index contributed by atoms with van der Waals surface area (Å²) in [6, 6.07) is 13.1. The highest BCUT2D eigenvalue weighted by atomic mass is 35.5. The number of aromatic amines is 1. The number of aromatic nitrogens is 6. The number of furan rings is 1. The standard InChI is InChI=1S/C16H9ClN6O/c17-13-8-10(19-20-13)14-16-22-21-15(12-6-3-7-24-12)23(16)11-5-2-1-4-9(11)18-14/h1-8H,(H,19,20). The Bertz CT molecular complexity index is 1170. The minimum absolute atomic E-state index is 0.434. The Morgan fingerprint density at radius 2 is 2.00 bits per heavy atom. The van der Waals surface area contributed by atoms with Crippen molar-refractivity contribution >= 4 is 28.3 Å². The van der Waals surface area contributed by atoms with Gasteiger partial charge < -0.3 is 4.42 Å². The second-order valence-corrected chi connectivity index (χ2v) is 5.62. The van der Waals surface area contributed by atoms with E-state index in [4.69, 9.17) is 16.0 Å². The number of hydrogen-bond donors (Lipinski definition) is 1. The highest BCUT2D eigenvalue weighted by Gasteiger charge is 2.19. The van der Waals surface area contributed by atoms with Gasteiger partial charge in [-0.3, -0.25) is 9.50 Å². The summed E-state index contributed by atoms with van der Waals surface area (Å²) in [6.45, 7) is 0. The molecule has 0 radical (unpaired) electrons. The van der Waals surface area contributed by atoms with E-state index in [2.05, 4.69) is 25.4 Å². The average molecular weight is 337 g/mol. The Hall–Kier alpha value is -3.19. The fourth-order valence-corrected chi connectivity index (χ4v) is 2.89. The number of hydrogen-bond acceptors (Lipinski definition) is 5. The molecule has 7 nitrogen and oxygen atoms in total. The van der Waals surface area contributed by atoms with Crippen LogP contribution in [-0.4, -0.2) is 29.8 Å². The average Bonchev–Trinajstić information content (AvgIpc) is 3.34. The number of rotatable bonds is 2. The van der Waals surface area contributed by atoms with Crippen molar-refractivity contribution in [2.45, 2.75) is 0 Å². The molecule has 24 heavy (non-hydrogen) atoms. The van der Waals surface area contributed by atoms with Gasteiger partial charge in [-0.2, -0.15) is 5.10 Å². The zero-order valence-electron chi connectivity index (χ0n) is 12.1. The van der Waals surface area contributed by atoms with Crippen LogP contribution >= 0.6 is 11.6 Å². The van der Waals surface area contributed by atoms with Crippen LogP contribution in [0.25, 0.3) is 39.7 Å². The van der Waals surface area contributed by atoms with Crippen LogP contribution < -0.4 is 0 Å². The highest BCUT2D eigenvalue weighted by molar-refractivity contribution is 6.29. The molecule has 5 aromatic rings. The maximum absolute atomic E-state index is 5.96. The van der Waals surface area contributed by atoms with Gasteiger partial charge in [-0.05, 0) is 24.3 Å². The molecule has 5 rings (SSSR count). The predicted molar refractivity (Wildman–Crippen MR) is 88.6 cm³/mol. The molecule has 0 bridgehead atoms. The number of halogens is 1. The maximum atomic E-state index is 5.96. The molecule has 0 aliphatic rings. The SMILES string of the molecule is Clc1cc(-c2nc3ccccc3n3c(-c4ccco4)nnc23)n[nH]1. The van der Waals surface area contributed by atoms with Gasteiger partial charge >= 0.3 is 0 Å². The molecular formula is C16H9ClN6O. The molecule has 0 saturated heterocycles. The van der Waals surface area contributed by atoms with Crippen LogP contribution in [0, 0.1) is 0 Å². The van der Waals surface area contributed by atoms with Gasteiger partial charge in [0.1, 0.15) is 16.5 Å². The number of nitrogens with zero attached hydrogens (tertiary/aromatic N) is 5. The number of para-hydroxylation sites is 2. The van der Waals surface area contributed by atoms with Crippen molar-refractivity contribution in [2.24, 2.45) is 0 Å². The quantitative estimate of drug-likeness (QED) is 0.532. The molecule has 116 valence electrons. The Labute approximate surface area is 139 Å². The van der Waals surface area contributed by atoms with Gasteiger partial charge in [-0.25, -0.2) is 4.98 Å². The largest absolute Gasteiger partial charge is 0.461 e. The first-order chi connectivity index (χ1) is 11.8. The molecule has 0 amide bonds. The first kappa shape index (κ1) is 13.3. The topological polar surface area (TPSA) is 84.9 Å². The van der Waals surface area contributed by atoms with E-state index in [1.54, 1.807) is 12.3 Å². The third kappa shape index (κ3) is 1.85. The lowest BCUT2D eigenvalue weighted by Gasteiger charge is -2.06. The van der Waals surface area contributed by atoms with Gasteiger partial charge in [0.05, 0.1) is 17.3 Å². The van der Waals surface area contributed by atoms with Crippen LogP contribution in [0.5, 0.6) is 0 Å². The Balaban J connectivity index is 1.94. The lowest BCUT2D eigenvalue weighted by atomic mass is 10.2. The van der Waals surface area contributed by atoms with Gasteiger partial charge in [-0.1, -0.05) is 23.7 Å². The molecule has 0 aliphatic carbocycles. The molecule has 1 N–H and O–H groups in total. The summed E-state index contributed by atoms with van der Waals surface area (Å²) in [5.41, 5.74) is 3.47. The summed E-state index contributed by atoms with van der Waals surface area (Å²) in [5.74, 6) is 1.24. The first-order valence-electron chi connectivity index (χ1n) is 7.20. The molecule has 1 aromatic carbocycles. The smallest absolute Gasteiger partial charge is 0.204 e. The summed E-state index contributed by atoms with van der Waals surface area (Å²) in [5, 5.41) is 15.9. The van der Waals surface area contributed by atoms with Crippen molar-refractivity contribution in [1.29, 1.82) is 0 Å². The summed E-state index contributed by atoms with van der Waals surface area (Å²) >= 11 is 5.96.